The second-order valence-corrected chi connectivity index (χ2v) is 8.26. The molecule has 1 N–H and O–H groups in total. The predicted molar refractivity (Wildman–Crippen MR) is 141 cm³/mol. The molecule has 4 aromatic rings. The van der Waals surface area contributed by atoms with Crippen LogP contribution in [-0.4, -0.2) is 19.2 Å². The Morgan fingerprint density at radius 2 is 1.58 bits per heavy atom. The lowest BCUT2D eigenvalue weighted by atomic mass is 10.2. The van der Waals surface area contributed by atoms with Gasteiger partial charge in [0.25, 0.3) is 5.91 Å². The molecule has 0 aliphatic carbocycles. The molecule has 182 valence electrons. The number of hydrogen-bond donors (Lipinski definition) is 1. The zero-order chi connectivity index (χ0) is 25.2. The van der Waals surface area contributed by atoms with Crippen molar-refractivity contribution in [2.45, 2.75) is 13.2 Å². The lowest BCUT2D eigenvalue weighted by Crippen LogP contribution is -2.17. The SMILES string of the molecule is COc1cc(C(=O)N/N=C/c2cccc(OCc3ccc(Cl)cc3)c2)ccc1OCc1ccccc1. The van der Waals surface area contributed by atoms with E-state index < -0.39 is 0 Å². The first-order valence-electron chi connectivity index (χ1n) is 11.3. The first kappa shape index (κ1) is 24.8. The molecule has 0 aliphatic rings. The summed E-state index contributed by atoms with van der Waals surface area (Å²) < 4.78 is 17.1. The highest BCUT2D eigenvalue weighted by molar-refractivity contribution is 6.30. The molecular weight excluding hydrogens is 476 g/mol. The largest absolute Gasteiger partial charge is 0.493 e. The van der Waals surface area contributed by atoms with E-state index in [9.17, 15) is 4.79 Å². The van der Waals surface area contributed by atoms with Crippen LogP contribution in [0.15, 0.2) is 102 Å². The van der Waals surface area contributed by atoms with Crippen LogP contribution in [0, 0.1) is 0 Å². The van der Waals surface area contributed by atoms with Gasteiger partial charge in [-0.3, -0.25) is 4.79 Å². The van der Waals surface area contributed by atoms with Crippen LogP contribution in [-0.2, 0) is 13.2 Å². The summed E-state index contributed by atoms with van der Waals surface area (Å²) in [6.07, 6.45) is 1.56. The van der Waals surface area contributed by atoms with Crippen LogP contribution in [0.5, 0.6) is 17.2 Å². The third kappa shape index (κ3) is 7.10. The molecule has 4 aromatic carbocycles. The maximum atomic E-state index is 12.6. The number of ether oxygens (including phenoxy) is 3. The van der Waals surface area contributed by atoms with Crippen molar-refractivity contribution in [3.05, 3.63) is 124 Å². The van der Waals surface area contributed by atoms with Crippen molar-refractivity contribution in [3.8, 4) is 17.2 Å². The number of hydrazone groups is 1. The molecule has 6 nitrogen and oxygen atoms in total. The number of nitrogens with zero attached hydrogens (tertiary/aromatic N) is 1. The molecule has 36 heavy (non-hydrogen) atoms. The maximum absolute atomic E-state index is 12.6. The number of rotatable bonds is 10. The monoisotopic (exact) mass is 500 g/mol. The van der Waals surface area contributed by atoms with Gasteiger partial charge in [-0.1, -0.05) is 66.2 Å². The Morgan fingerprint density at radius 3 is 2.36 bits per heavy atom. The van der Waals surface area contributed by atoms with Crippen molar-refractivity contribution in [2.75, 3.05) is 7.11 Å². The maximum Gasteiger partial charge on any atom is 0.271 e. The van der Waals surface area contributed by atoms with Crippen LogP contribution in [0.3, 0.4) is 0 Å². The van der Waals surface area contributed by atoms with Crippen LogP contribution >= 0.6 is 11.6 Å². The van der Waals surface area contributed by atoms with Gasteiger partial charge in [0.05, 0.1) is 13.3 Å². The van der Waals surface area contributed by atoms with Crippen molar-refractivity contribution in [1.29, 1.82) is 0 Å². The molecule has 4 rings (SSSR count). The minimum absolute atomic E-state index is 0.366. The fourth-order valence-electron chi connectivity index (χ4n) is 3.33. The zero-order valence-electron chi connectivity index (χ0n) is 19.7. The number of methoxy groups -OCH3 is 1. The Hall–Kier alpha value is -4.29. The number of hydrogen-bond acceptors (Lipinski definition) is 5. The highest BCUT2D eigenvalue weighted by Crippen LogP contribution is 2.29. The molecule has 0 atom stereocenters. The van der Waals surface area contributed by atoms with E-state index in [-0.39, 0.29) is 5.91 Å². The molecule has 0 saturated heterocycles. The minimum Gasteiger partial charge on any atom is -0.493 e. The average molecular weight is 501 g/mol. The summed E-state index contributed by atoms with van der Waals surface area (Å²) in [5.74, 6) is 1.34. The average Bonchev–Trinajstić information content (AvgIpc) is 2.92. The smallest absolute Gasteiger partial charge is 0.271 e. The molecule has 1 amide bonds. The Morgan fingerprint density at radius 1 is 0.833 bits per heavy atom. The molecule has 0 aliphatic heterocycles. The summed E-state index contributed by atoms with van der Waals surface area (Å²) in [4.78, 5) is 12.6. The molecule has 0 spiro atoms. The first-order valence-corrected chi connectivity index (χ1v) is 11.6. The van der Waals surface area contributed by atoms with Crippen LogP contribution in [0.25, 0.3) is 0 Å². The Balaban J connectivity index is 1.32. The van der Waals surface area contributed by atoms with E-state index in [0.29, 0.717) is 41.0 Å². The van der Waals surface area contributed by atoms with Gasteiger partial charge in [-0.2, -0.15) is 5.10 Å². The highest BCUT2D eigenvalue weighted by atomic mass is 35.5. The van der Waals surface area contributed by atoms with Crippen LogP contribution in [0.2, 0.25) is 5.02 Å². The summed E-state index contributed by atoms with van der Waals surface area (Å²) in [5, 5.41) is 4.76. The Bertz CT molecular complexity index is 1320. The van der Waals surface area contributed by atoms with Crippen molar-refractivity contribution in [3.63, 3.8) is 0 Å². The van der Waals surface area contributed by atoms with E-state index in [2.05, 4.69) is 10.5 Å². The Labute approximate surface area is 215 Å². The van der Waals surface area contributed by atoms with Crippen molar-refractivity contribution >= 4 is 23.7 Å². The van der Waals surface area contributed by atoms with Gasteiger partial charge in [-0.05, 0) is 59.2 Å². The van der Waals surface area contributed by atoms with Crippen molar-refractivity contribution in [2.24, 2.45) is 5.10 Å². The van der Waals surface area contributed by atoms with E-state index in [4.69, 9.17) is 25.8 Å². The first-order chi connectivity index (χ1) is 17.6. The third-order valence-electron chi connectivity index (χ3n) is 5.22. The molecule has 0 bridgehead atoms. The quantitative estimate of drug-likeness (QED) is 0.206. The number of nitrogens with one attached hydrogen (secondary N) is 1. The minimum atomic E-state index is -0.366. The van der Waals surface area contributed by atoms with Gasteiger partial charge in [0.15, 0.2) is 11.5 Å². The molecule has 0 saturated carbocycles. The molecule has 0 heterocycles. The molecule has 0 fully saturated rings. The fourth-order valence-corrected chi connectivity index (χ4v) is 3.45. The number of amides is 1. The summed E-state index contributed by atoms with van der Waals surface area (Å²) in [6.45, 7) is 0.816. The van der Waals surface area contributed by atoms with Crippen LogP contribution < -0.4 is 19.6 Å². The number of halogens is 1. The normalized spacial score (nSPS) is 10.7. The van der Waals surface area contributed by atoms with E-state index in [1.165, 1.54) is 7.11 Å². The summed E-state index contributed by atoms with van der Waals surface area (Å²) in [5.41, 5.74) is 5.77. The van der Waals surface area contributed by atoms with E-state index >= 15 is 0 Å². The van der Waals surface area contributed by atoms with Gasteiger partial charge >= 0.3 is 0 Å². The summed E-state index contributed by atoms with van der Waals surface area (Å²) in [7, 11) is 1.53. The number of carbonyl (C=O) groups excluding carboxylic acids is 1. The van der Waals surface area contributed by atoms with Gasteiger partial charge in [-0.15, -0.1) is 0 Å². The van der Waals surface area contributed by atoms with Crippen LogP contribution in [0.1, 0.15) is 27.0 Å². The topological polar surface area (TPSA) is 69.2 Å². The molecule has 0 aromatic heterocycles. The highest BCUT2D eigenvalue weighted by Gasteiger charge is 2.11. The lowest BCUT2D eigenvalue weighted by molar-refractivity contribution is 0.0954. The lowest BCUT2D eigenvalue weighted by Gasteiger charge is -2.12. The molecule has 0 unspecified atom stereocenters. The van der Waals surface area contributed by atoms with Gasteiger partial charge in [-0.25, -0.2) is 5.43 Å². The number of carbonyl (C=O) groups is 1. The number of benzene rings is 4. The standard InChI is InChI=1S/C29H25ClN2O4/c1-34-28-17-24(12-15-27(28)36-20-21-6-3-2-4-7-21)29(33)32-31-18-23-8-5-9-26(16-23)35-19-22-10-13-25(30)14-11-22/h2-18H,19-20H2,1H3,(H,32,33)/b31-18+. The van der Waals surface area contributed by atoms with Gasteiger partial charge in [0.2, 0.25) is 0 Å². The zero-order valence-corrected chi connectivity index (χ0v) is 20.4. The molecule has 0 radical (unpaired) electrons. The summed E-state index contributed by atoms with van der Waals surface area (Å²) >= 11 is 5.92. The van der Waals surface area contributed by atoms with Gasteiger partial charge < -0.3 is 14.2 Å². The Kier molecular flexibility index (Phi) is 8.57. The van der Waals surface area contributed by atoms with E-state index in [1.807, 2.05) is 78.9 Å². The van der Waals surface area contributed by atoms with Gasteiger partial charge in [0, 0.05) is 10.6 Å². The van der Waals surface area contributed by atoms with Gasteiger partial charge in [0.1, 0.15) is 19.0 Å². The van der Waals surface area contributed by atoms with Crippen LogP contribution in [0.4, 0.5) is 0 Å². The summed E-state index contributed by atoms with van der Waals surface area (Å²) in [6, 6.07) is 29.7. The van der Waals surface area contributed by atoms with Crippen molar-refractivity contribution < 1.29 is 19.0 Å². The predicted octanol–water partition coefficient (Wildman–Crippen LogP) is 6.27. The second-order valence-electron chi connectivity index (χ2n) is 7.83. The second kappa shape index (κ2) is 12.4. The van der Waals surface area contributed by atoms with Crippen molar-refractivity contribution in [1.82, 2.24) is 5.43 Å². The molecule has 7 heteroatoms. The van der Waals surface area contributed by atoms with E-state index in [0.717, 1.165) is 16.7 Å². The third-order valence-corrected chi connectivity index (χ3v) is 5.47. The molecular formula is C29H25ClN2O4. The fraction of sp³-hybridized carbons (Fsp3) is 0.103. The van der Waals surface area contributed by atoms with E-state index in [1.54, 1.807) is 24.4 Å².